The number of rotatable bonds is 5. The lowest BCUT2D eigenvalue weighted by Gasteiger charge is -2.45. The summed E-state index contributed by atoms with van der Waals surface area (Å²) in [6.07, 6.45) is 3.01. The first-order valence-corrected chi connectivity index (χ1v) is 14.4. The van der Waals surface area contributed by atoms with Crippen molar-refractivity contribution in [2.24, 2.45) is 0 Å². The summed E-state index contributed by atoms with van der Waals surface area (Å²) < 4.78 is 28.5. The highest BCUT2D eigenvalue weighted by atomic mass is 35.5. The van der Waals surface area contributed by atoms with E-state index in [9.17, 15) is 9.59 Å². The van der Waals surface area contributed by atoms with Gasteiger partial charge in [-0.3, -0.25) is 19.1 Å². The van der Waals surface area contributed by atoms with Crippen LogP contribution >= 0.6 is 11.6 Å². The number of fused-ring (bicyclic) bond motifs is 5. The van der Waals surface area contributed by atoms with Gasteiger partial charge in [-0.05, 0) is 48.7 Å². The molecule has 11 heteroatoms. The molecule has 0 saturated carbocycles. The summed E-state index contributed by atoms with van der Waals surface area (Å²) in [5, 5.41) is 0.739. The van der Waals surface area contributed by atoms with Crippen molar-refractivity contribution in [3.05, 3.63) is 81.6 Å². The van der Waals surface area contributed by atoms with Crippen LogP contribution in [-0.4, -0.2) is 64.7 Å². The van der Waals surface area contributed by atoms with Crippen LogP contribution in [0.3, 0.4) is 0 Å². The number of nitrogens with zero attached hydrogens (tertiary/aromatic N) is 5. The summed E-state index contributed by atoms with van der Waals surface area (Å²) in [6.45, 7) is 11.0. The Morgan fingerprint density at radius 2 is 2.05 bits per heavy atom. The van der Waals surface area contributed by atoms with Gasteiger partial charge in [0.1, 0.15) is 18.2 Å². The zero-order valence-electron chi connectivity index (χ0n) is 24.4. The normalized spacial score (nSPS) is 16.1. The Labute approximate surface area is 253 Å². The number of methoxy groups -OCH3 is 1. The number of piperazine rings is 1. The molecule has 3 aromatic heterocycles. The van der Waals surface area contributed by atoms with Crippen molar-refractivity contribution >= 4 is 34.2 Å². The fourth-order valence-corrected chi connectivity index (χ4v) is 6.28. The molecule has 9 nitrogen and oxygen atoms in total. The maximum Gasteiger partial charge on any atom is 0.301 e. The second-order valence-corrected chi connectivity index (χ2v) is 11.4. The molecule has 1 saturated heterocycles. The van der Waals surface area contributed by atoms with Gasteiger partial charge < -0.3 is 19.3 Å². The smallest absolute Gasteiger partial charge is 0.301 e. The van der Waals surface area contributed by atoms with Crippen molar-refractivity contribution in [2.75, 3.05) is 38.3 Å². The third-order valence-corrected chi connectivity index (χ3v) is 8.36. The summed E-state index contributed by atoms with van der Waals surface area (Å²) in [6, 6.07) is 7.81. The van der Waals surface area contributed by atoms with Crippen molar-refractivity contribution in [1.82, 2.24) is 19.4 Å². The fourth-order valence-electron chi connectivity index (χ4n) is 6.03. The minimum Gasteiger partial charge on any atom is -0.496 e. The van der Waals surface area contributed by atoms with Gasteiger partial charge in [0.05, 0.1) is 46.5 Å². The van der Waals surface area contributed by atoms with Crippen LogP contribution < -0.4 is 19.9 Å². The van der Waals surface area contributed by atoms with Crippen LogP contribution in [0.25, 0.3) is 28.0 Å². The van der Waals surface area contributed by atoms with Crippen LogP contribution in [0.15, 0.2) is 54.0 Å². The maximum absolute atomic E-state index is 15.3. The van der Waals surface area contributed by atoms with E-state index in [0.29, 0.717) is 42.1 Å². The van der Waals surface area contributed by atoms with Gasteiger partial charge >= 0.3 is 5.56 Å². The molecule has 1 aromatic carbocycles. The molecule has 6 rings (SSSR count). The highest BCUT2D eigenvalue weighted by Gasteiger charge is 2.38. The minimum atomic E-state index is -0.563. The Hall–Kier alpha value is -4.44. The molecular weight excluding hydrogens is 573 g/mol. The lowest BCUT2D eigenvalue weighted by atomic mass is 10.0. The van der Waals surface area contributed by atoms with Gasteiger partial charge in [-0.2, -0.15) is 0 Å². The molecule has 2 aliphatic heterocycles. The minimum absolute atomic E-state index is 0.0212. The van der Waals surface area contributed by atoms with E-state index in [1.165, 1.54) is 23.8 Å². The van der Waals surface area contributed by atoms with Gasteiger partial charge in [-0.15, -0.1) is 0 Å². The van der Waals surface area contributed by atoms with Crippen LogP contribution in [0.1, 0.15) is 31.0 Å². The molecule has 0 N–H and O–H groups in total. The average molecular weight is 604 g/mol. The van der Waals surface area contributed by atoms with Crippen LogP contribution in [-0.2, 0) is 4.79 Å². The van der Waals surface area contributed by atoms with Gasteiger partial charge in [-0.25, -0.2) is 9.37 Å². The average Bonchev–Trinajstić information content (AvgIpc) is 3.00. The summed E-state index contributed by atoms with van der Waals surface area (Å²) in [7, 11) is 1.45. The van der Waals surface area contributed by atoms with E-state index in [0.717, 1.165) is 5.56 Å². The molecule has 0 bridgehead atoms. The van der Waals surface area contributed by atoms with E-state index in [2.05, 4.69) is 16.5 Å². The zero-order chi connectivity index (χ0) is 30.6. The van der Waals surface area contributed by atoms with Gasteiger partial charge in [-0.1, -0.05) is 38.1 Å². The summed E-state index contributed by atoms with van der Waals surface area (Å²) >= 11 is 6.88. The number of benzene rings is 1. The van der Waals surface area contributed by atoms with E-state index in [1.807, 2.05) is 26.8 Å². The first-order chi connectivity index (χ1) is 20.7. The second-order valence-electron chi connectivity index (χ2n) is 11.0. The first-order valence-electron chi connectivity index (χ1n) is 14.0. The predicted molar refractivity (Wildman–Crippen MR) is 164 cm³/mol. The van der Waals surface area contributed by atoms with Crippen molar-refractivity contribution in [1.29, 1.82) is 0 Å². The monoisotopic (exact) mass is 603 g/mol. The SMILES string of the molecule is C=CC(=O)N1CCN2c3c(c(=O)n(-c4c(C)ccnc4C(C)C)c4nc(-c5c(F)cccc5OC)c(Cl)cc34)OC[C@H]2C1. The molecular formula is C32H31ClFN5O4. The standard InChI is InChI=1S/C32H31ClFN5O4/c1-6-24(40)37-12-13-38-19(15-37)16-43-30-29(38)20-14-21(33)27(25-22(34)8-7-9-23(25)42-5)36-31(20)39(32(30)41)28-18(4)10-11-35-26(28)17(2)3/h6-11,14,17,19H,1,12-13,15-16H2,2-5H3/t19-/m1/s1. The highest BCUT2D eigenvalue weighted by Crippen LogP contribution is 2.44. The van der Waals surface area contributed by atoms with E-state index in [4.69, 9.17) is 26.1 Å². The molecule has 0 aliphatic carbocycles. The van der Waals surface area contributed by atoms with Crippen LogP contribution in [0.4, 0.5) is 10.1 Å². The molecule has 0 unspecified atom stereocenters. The Morgan fingerprint density at radius 3 is 2.77 bits per heavy atom. The van der Waals surface area contributed by atoms with Crippen molar-refractivity contribution in [3.63, 3.8) is 0 Å². The number of halogens is 2. The third kappa shape index (κ3) is 4.60. The van der Waals surface area contributed by atoms with Gasteiger partial charge in [0.15, 0.2) is 5.65 Å². The van der Waals surface area contributed by atoms with Crippen LogP contribution in [0, 0.1) is 12.7 Å². The third-order valence-electron chi connectivity index (χ3n) is 8.07. The van der Waals surface area contributed by atoms with Crippen molar-refractivity contribution in [3.8, 4) is 28.4 Å². The molecule has 2 aliphatic rings. The summed E-state index contributed by atoms with van der Waals surface area (Å²) in [4.78, 5) is 40.2. The molecule has 4 aromatic rings. The lowest BCUT2D eigenvalue weighted by molar-refractivity contribution is -0.127. The van der Waals surface area contributed by atoms with Crippen molar-refractivity contribution < 1.29 is 18.7 Å². The Kier molecular flexibility index (Phi) is 7.33. The van der Waals surface area contributed by atoms with Gasteiger partial charge in [0, 0.05) is 31.2 Å². The largest absolute Gasteiger partial charge is 0.496 e. The number of carbonyl (C=O) groups excluding carboxylic acids is 1. The second kappa shape index (κ2) is 11.0. The van der Waals surface area contributed by atoms with E-state index >= 15 is 4.39 Å². The van der Waals surface area contributed by atoms with Crippen LogP contribution in [0.2, 0.25) is 5.02 Å². The Bertz CT molecular complexity index is 1860. The number of hydrogen-bond acceptors (Lipinski definition) is 7. The fraction of sp³-hybridized carbons (Fsp3) is 0.312. The topological polar surface area (TPSA) is 89.8 Å². The van der Waals surface area contributed by atoms with Gasteiger partial charge in [0.25, 0.3) is 0 Å². The number of ether oxygens (including phenoxy) is 2. The Balaban J connectivity index is 1.70. The first kappa shape index (κ1) is 28.7. The van der Waals surface area contributed by atoms with E-state index < -0.39 is 11.4 Å². The highest BCUT2D eigenvalue weighted by molar-refractivity contribution is 6.34. The number of hydrogen-bond donors (Lipinski definition) is 0. The summed E-state index contributed by atoms with van der Waals surface area (Å²) in [5.41, 5.74) is 2.75. The quantitative estimate of drug-likeness (QED) is 0.287. The molecule has 222 valence electrons. The molecule has 0 spiro atoms. The summed E-state index contributed by atoms with van der Waals surface area (Å²) in [5.74, 6) is -0.321. The molecule has 43 heavy (non-hydrogen) atoms. The van der Waals surface area contributed by atoms with Gasteiger partial charge in [0.2, 0.25) is 11.7 Å². The lowest BCUT2D eigenvalue weighted by Crippen LogP contribution is -2.58. The number of aryl methyl sites for hydroxylation is 1. The molecule has 1 fully saturated rings. The number of anilines is 1. The number of aromatic nitrogens is 3. The van der Waals surface area contributed by atoms with E-state index in [1.54, 1.807) is 29.3 Å². The van der Waals surface area contributed by atoms with E-state index in [-0.39, 0.29) is 57.9 Å². The maximum atomic E-state index is 15.3. The number of carbonyl (C=O) groups is 1. The molecule has 1 atom stereocenters. The molecule has 0 radical (unpaired) electrons. The molecule has 1 amide bonds. The predicted octanol–water partition coefficient (Wildman–Crippen LogP) is 5.28. The molecule has 5 heterocycles. The van der Waals surface area contributed by atoms with Crippen molar-refractivity contribution in [2.45, 2.75) is 32.7 Å². The Morgan fingerprint density at radius 1 is 1.26 bits per heavy atom. The number of amides is 1. The zero-order valence-corrected chi connectivity index (χ0v) is 25.1. The number of pyridine rings is 3. The van der Waals surface area contributed by atoms with Crippen LogP contribution in [0.5, 0.6) is 11.5 Å².